The largest absolute Gasteiger partial charge is 0.573 e. The van der Waals surface area contributed by atoms with Gasteiger partial charge in [-0.1, -0.05) is 19.1 Å². The van der Waals surface area contributed by atoms with E-state index in [-0.39, 0.29) is 23.3 Å². The molecule has 1 amide bonds. The van der Waals surface area contributed by atoms with Crippen molar-refractivity contribution < 1.29 is 27.4 Å². The Morgan fingerprint density at radius 1 is 1.18 bits per heavy atom. The van der Waals surface area contributed by atoms with Crippen LogP contribution in [-0.2, 0) is 4.79 Å². The molecule has 9 heteroatoms. The van der Waals surface area contributed by atoms with Crippen LogP contribution in [0, 0.1) is 5.92 Å². The number of amides is 1. The number of halogens is 3. The van der Waals surface area contributed by atoms with Gasteiger partial charge in [0.2, 0.25) is 5.91 Å². The lowest BCUT2D eigenvalue weighted by atomic mass is 9.94. The second kappa shape index (κ2) is 7.79. The highest BCUT2D eigenvalue weighted by Gasteiger charge is 2.31. The Bertz CT molecular complexity index is 896. The van der Waals surface area contributed by atoms with Gasteiger partial charge in [-0.2, -0.15) is 5.10 Å². The number of hydrogen-bond donors (Lipinski definition) is 2. The maximum atomic E-state index is 12.4. The van der Waals surface area contributed by atoms with Gasteiger partial charge in [0.15, 0.2) is 0 Å². The lowest BCUT2D eigenvalue weighted by molar-refractivity contribution is -0.274. The van der Waals surface area contributed by atoms with Crippen LogP contribution in [0.2, 0.25) is 0 Å². The van der Waals surface area contributed by atoms with Gasteiger partial charge in [-0.25, -0.2) is 5.43 Å². The van der Waals surface area contributed by atoms with Crippen LogP contribution in [0.15, 0.2) is 47.6 Å². The second-order valence-electron chi connectivity index (χ2n) is 6.25. The van der Waals surface area contributed by atoms with E-state index in [0.717, 1.165) is 17.3 Å². The van der Waals surface area contributed by atoms with Gasteiger partial charge in [0.1, 0.15) is 11.5 Å². The third-order valence-corrected chi connectivity index (χ3v) is 4.13. The monoisotopic (exact) mass is 393 g/mol. The summed E-state index contributed by atoms with van der Waals surface area (Å²) < 4.78 is 46.1. The standard InChI is InChI=1S/C19H18F3N3O3/c1-11-9-17(26)24-25-18(11)12-3-5-13(6-4-12)23-15-8-7-14(10-16(15)27-2)28-19(20,21)22/h3-8,10-11,23H,9H2,1-2H3,(H,24,26)/t11-/m1/s1. The van der Waals surface area contributed by atoms with Crippen molar-refractivity contribution >= 4 is 23.0 Å². The third-order valence-electron chi connectivity index (χ3n) is 4.13. The fourth-order valence-corrected chi connectivity index (χ4v) is 2.85. The Morgan fingerprint density at radius 3 is 2.50 bits per heavy atom. The number of benzene rings is 2. The molecule has 0 fully saturated rings. The predicted octanol–water partition coefficient (Wildman–Crippen LogP) is 4.20. The van der Waals surface area contributed by atoms with Gasteiger partial charge in [-0.3, -0.25) is 4.79 Å². The van der Waals surface area contributed by atoms with Crippen LogP contribution >= 0.6 is 0 Å². The van der Waals surface area contributed by atoms with Gasteiger partial charge in [0.05, 0.1) is 18.5 Å². The summed E-state index contributed by atoms with van der Waals surface area (Å²) in [4.78, 5) is 11.4. The molecule has 2 aromatic carbocycles. The zero-order chi connectivity index (χ0) is 20.3. The maximum Gasteiger partial charge on any atom is 0.573 e. The van der Waals surface area contributed by atoms with Crippen molar-refractivity contribution in [3.8, 4) is 11.5 Å². The molecular weight excluding hydrogens is 375 g/mol. The van der Waals surface area contributed by atoms with Gasteiger partial charge < -0.3 is 14.8 Å². The van der Waals surface area contributed by atoms with Crippen LogP contribution < -0.4 is 20.2 Å². The zero-order valence-electron chi connectivity index (χ0n) is 15.1. The van der Waals surface area contributed by atoms with E-state index < -0.39 is 6.36 Å². The highest BCUT2D eigenvalue weighted by Crippen LogP contribution is 2.34. The minimum absolute atomic E-state index is 0.00818. The van der Waals surface area contributed by atoms with Crippen LogP contribution in [0.25, 0.3) is 0 Å². The molecule has 2 N–H and O–H groups in total. The van der Waals surface area contributed by atoms with Gasteiger partial charge in [-0.15, -0.1) is 13.2 Å². The Kier molecular flexibility index (Phi) is 5.43. The van der Waals surface area contributed by atoms with E-state index in [1.54, 1.807) is 12.1 Å². The Hall–Kier alpha value is -3.23. The van der Waals surface area contributed by atoms with E-state index >= 15 is 0 Å². The van der Waals surface area contributed by atoms with Gasteiger partial charge in [-0.05, 0) is 29.8 Å². The van der Waals surface area contributed by atoms with Crippen LogP contribution in [0.5, 0.6) is 11.5 Å². The first-order chi connectivity index (χ1) is 13.2. The molecule has 0 spiro atoms. The third kappa shape index (κ3) is 4.73. The van der Waals surface area contributed by atoms with Crippen molar-refractivity contribution in [3.63, 3.8) is 0 Å². The number of methoxy groups -OCH3 is 1. The molecule has 1 heterocycles. The second-order valence-corrected chi connectivity index (χ2v) is 6.25. The number of hydrazone groups is 1. The quantitative estimate of drug-likeness (QED) is 0.799. The highest BCUT2D eigenvalue weighted by molar-refractivity contribution is 6.05. The summed E-state index contributed by atoms with van der Waals surface area (Å²) in [6, 6.07) is 11.1. The number of carbonyl (C=O) groups is 1. The first kappa shape index (κ1) is 19.5. The van der Waals surface area contributed by atoms with Crippen molar-refractivity contribution in [1.29, 1.82) is 0 Å². The topological polar surface area (TPSA) is 72.0 Å². The number of hydrogen-bond acceptors (Lipinski definition) is 5. The molecule has 0 saturated carbocycles. The average Bonchev–Trinajstić information content (AvgIpc) is 2.62. The summed E-state index contributed by atoms with van der Waals surface area (Å²) in [5.74, 6) is -0.260. The van der Waals surface area contributed by atoms with E-state index in [2.05, 4.69) is 20.6 Å². The highest BCUT2D eigenvalue weighted by atomic mass is 19.4. The van der Waals surface area contributed by atoms with E-state index in [9.17, 15) is 18.0 Å². The Morgan fingerprint density at radius 2 is 1.89 bits per heavy atom. The number of alkyl halides is 3. The molecule has 1 aliphatic rings. The minimum atomic E-state index is -4.77. The number of anilines is 2. The number of nitrogens with one attached hydrogen (secondary N) is 2. The smallest absolute Gasteiger partial charge is 0.494 e. The molecule has 3 rings (SSSR count). The molecule has 0 radical (unpaired) electrons. The van der Waals surface area contributed by atoms with Crippen molar-refractivity contribution in [2.75, 3.05) is 12.4 Å². The predicted molar refractivity (Wildman–Crippen MR) is 97.9 cm³/mol. The van der Waals surface area contributed by atoms with E-state index in [0.29, 0.717) is 17.8 Å². The van der Waals surface area contributed by atoms with Crippen molar-refractivity contribution in [1.82, 2.24) is 5.43 Å². The fourth-order valence-electron chi connectivity index (χ4n) is 2.85. The molecule has 2 aromatic rings. The Labute approximate surface area is 159 Å². The Balaban J connectivity index is 1.76. The molecule has 148 valence electrons. The van der Waals surface area contributed by atoms with Crippen molar-refractivity contribution in [2.45, 2.75) is 19.7 Å². The molecule has 0 bridgehead atoms. The van der Waals surface area contributed by atoms with Gasteiger partial charge >= 0.3 is 6.36 Å². The average molecular weight is 393 g/mol. The maximum absolute atomic E-state index is 12.4. The SMILES string of the molecule is COc1cc(OC(F)(F)F)ccc1Nc1ccc(C2=NNC(=O)C[C@H]2C)cc1. The molecule has 0 saturated heterocycles. The van der Waals surface area contributed by atoms with E-state index in [1.807, 2.05) is 19.1 Å². The molecule has 1 aliphatic heterocycles. The first-order valence-electron chi connectivity index (χ1n) is 8.43. The molecule has 6 nitrogen and oxygen atoms in total. The molecule has 1 atom stereocenters. The van der Waals surface area contributed by atoms with E-state index in [4.69, 9.17) is 4.74 Å². The van der Waals surface area contributed by atoms with Crippen LogP contribution in [0.3, 0.4) is 0 Å². The number of nitrogens with zero attached hydrogens (tertiary/aromatic N) is 1. The molecule has 0 aromatic heterocycles. The van der Waals surface area contributed by atoms with Crippen LogP contribution in [0.4, 0.5) is 24.5 Å². The summed E-state index contributed by atoms with van der Waals surface area (Å²) in [5.41, 5.74) is 5.33. The molecule has 0 aliphatic carbocycles. The van der Waals surface area contributed by atoms with Crippen LogP contribution in [0.1, 0.15) is 18.9 Å². The summed E-state index contributed by atoms with van der Waals surface area (Å²) in [5, 5.41) is 7.20. The van der Waals surface area contributed by atoms with E-state index in [1.165, 1.54) is 19.2 Å². The van der Waals surface area contributed by atoms with Crippen molar-refractivity contribution in [2.24, 2.45) is 11.0 Å². The van der Waals surface area contributed by atoms with Gasteiger partial charge in [0, 0.05) is 24.1 Å². The summed E-state index contributed by atoms with van der Waals surface area (Å²) >= 11 is 0. The fraction of sp³-hybridized carbons (Fsp3) is 0.263. The zero-order valence-corrected chi connectivity index (χ0v) is 15.1. The normalized spacial score (nSPS) is 16.8. The molecule has 0 unspecified atom stereocenters. The first-order valence-corrected chi connectivity index (χ1v) is 8.43. The molecular formula is C19H18F3N3O3. The molecule has 28 heavy (non-hydrogen) atoms. The lowest BCUT2D eigenvalue weighted by Gasteiger charge is -2.19. The van der Waals surface area contributed by atoms with Crippen LogP contribution in [-0.4, -0.2) is 25.1 Å². The number of ether oxygens (including phenoxy) is 2. The van der Waals surface area contributed by atoms with Gasteiger partial charge in [0.25, 0.3) is 0 Å². The summed E-state index contributed by atoms with van der Waals surface area (Å²) in [6.07, 6.45) is -4.39. The summed E-state index contributed by atoms with van der Waals surface area (Å²) in [7, 11) is 1.36. The number of carbonyl (C=O) groups excluding carboxylic acids is 1. The number of rotatable bonds is 5. The lowest BCUT2D eigenvalue weighted by Crippen LogP contribution is -2.31. The summed E-state index contributed by atoms with van der Waals surface area (Å²) in [6.45, 7) is 1.93. The minimum Gasteiger partial charge on any atom is -0.494 e. The van der Waals surface area contributed by atoms with Crippen molar-refractivity contribution in [3.05, 3.63) is 48.0 Å².